The van der Waals surface area contributed by atoms with Gasteiger partial charge in [0, 0.05) is 11.8 Å². The number of hydrogen-bond donors (Lipinski definition) is 1. The molecule has 1 amide bonds. The fourth-order valence-electron chi connectivity index (χ4n) is 2.83. The zero-order valence-corrected chi connectivity index (χ0v) is 16.2. The molecule has 1 N–H and O–H groups in total. The highest BCUT2D eigenvalue weighted by Crippen LogP contribution is 2.25. The Labute approximate surface area is 167 Å². The summed E-state index contributed by atoms with van der Waals surface area (Å²) in [6, 6.07) is 15.2. The normalized spacial score (nSPS) is 11.7. The Hall–Kier alpha value is -3.12. The van der Waals surface area contributed by atoms with Crippen molar-refractivity contribution in [1.29, 1.82) is 0 Å². The van der Waals surface area contributed by atoms with Crippen LogP contribution in [0.25, 0.3) is 10.9 Å². The van der Waals surface area contributed by atoms with Crippen LogP contribution in [-0.2, 0) is 16.0 Å². The van der Waals surface area contributed by atoms with Gasteiger partial charge >= 0.3 is 5.97 Å². The summed E-state index contributed by atoms with van der Waals surface area (Å²) in [6.07, 6.45) is 0.218. The van der Waals surface area contributed by atoms with Gasteiger partial charge in [-0.3, -0.25) is 4.79 Å². The topological polar surface area (TPSA) is 77.5 Å². The maximum absolute atomic E-state index is 12.6. The van der Waals surface area contributed by atoms with Gasteiger partial charge in [0.2, 0.25) is 0 Å². The summed E-state index contributed by atoms with van der Waals surface area (Å²) in [6.45, 7) is 0. The predicted octanol–water partition coefficient (Wildman–Crippen LogP) is 3.41. The highest BCUT2D eigenvalue weighted by atomic mass is 35.5. The van der Waals surface area contributed by atoms with Crippen LogP contribution in [0.15, 0.2) is 54.6 Å². The Morgan fingerprint density at radius 2 is 1.89 bits per heavy atom. The van der Waals surface area contributed by atoms with Crippen LogP contribution < -0.4 is 10.1 Å². The molecule has 0 fully saturated rings. The number of halogens is 1. The van der Waals surface area contributed by atoms with Crippen molar-refractivity contribution >= 4 is 34.4 Å². The molecule has 28 heavy (non-hydrogen) atoms. The van der Waals surface area contributed by atoms with Crippen molar-refractivity contribution in [1.82, 2.24) is 10.3 Å². The zero-order valence-electron chi connectivity index (χ0n) is 15.4. The van der Waals surface area contributed by atoms with Gasteiger partial charge < -0.3 is 14.8 Å². The number of methoxy groups -OCH3 is 2. The van der Waals surface area contributed by atoms with Crippen molar-refractivity contribution < 1.29 is 19.1 Å². The first-order chi connectivity index (χ1) is 13.5. The first kappa shape index (κ1) is 19.6. The summed E-state index contributed by atoms with van der Waals surface area (Å²) < 4.78 is 9.96. The van der Waals surface area contributed by atoms with E-state index in [1.54, 1.807) is 24.3 Å². The minimum Gasteiger partial charge on any atom is -0.495 e. The van der Waals surface area contributed by atoms with Crippen molar-refractivity contribution in [2.45, 2.75) is 12.5 Å². The summed E-state index contributed by atoms with van der Waals surface area (Å²) in [7, 11) is 2.80. The van der Waals surface area contributed by atoms with Crippen molar-refractivity contribution in [3.63, 3.8) is 0 Å². The maximum Gasteiger partial charge on any atom is 0.328 e. The SMILES string of the molecule is COC(=O)[C@H](Cc1ccc(OC)c(Cl)c1)NC(=O)c1ccc2ccccc2n1. The Kier molecular flexibility index (Phi) is 6.11. The van der Waals surface area contributed by atoms with E-state index in [-0.39, 0.29) is 12.1 Å². The molecule has 7 heteroatoms. The minimum atomic E-state index is -0.879. The number of fused-ring (bicyclic) bond motifs is 1. The smallest absolute Gasteiger partial charge is 0.328 e. The van der Waals surface area contributed by atoms with Crippen LogP contribution in [0.4, 0.5) is 0 Å². The van der Waals surface area contributed by atoms with Gasteiger partial charge in [-0.15, -0.1) is 0 Å². The summed E-state index contributed by atoms with van der Waals surface area (Å²) in [5.41, 5.74) is 1.68. The fourth-order valence-corrected chi connectivity index (χ4v) is 3.11. The fraction of sp³-hybridized carbons (Fsp3) is 0.190. The van der Waals surface area contributed by atoms with Crippen LogP contribution in [0.2, 0.25) is 5.02 Å². The van der Waals surface area contributed by atoms with E-state index in [0.29, 0.717) is 16.3 Å². The molecule has 1 atom stereocenters. The number of pyridine rings is 1. The largest absolute Gasteiger partial charge is 0.495 e. The molecule has 1 aromatic heterocycles. The van der Waals surface area contributed by atoms with Crippen LogP contribution in [0.5, 0.6) is 5.75 Å². The summed E-state index contributed by atoms with van der Waals surface area (Å²) in [5.74, 6) is -0.480. The average molecular weight is 399 g/mol. The average Bonchev–Trinajstić information content (AvgIpc) is 2.72. The van der Waals surface area contributed by atoms with Gasteiger partial charge in [0.25, 0.3) is 5.91 Å². The quantitative estimate of drug-likeness (QED) is 0.644. The lowest BCUT2D eigenvalue weighted by Crippen LogP contribution is -2.43. The first-order valence-corrected chi connectivity index (χ1v) is 8.96. The van der Waals surface area contributed by atoms with Gasteiger partial charge in [0.05, 0.1) is 24.8 Å². The predicted molar refractivity (Wildman–Crippen MR) is 107 cm³/mol. The number of amides is 1. The van der Waals surface area contributed by atoms with Gasteiger partial charge in [0.15, 0.2) is 0 Å². The number of nitrogens with zero attached hydrogens (tertiary/aromatic N) is 1. The standard InChI is InChI=1S/C21H19ClN2O4/c1-27-19-10-7-13(11-15(19)22)12-18(21(26)28-2)24-20(25)17-9-8-14-5-3-4-6-16(14)23-17/h3-11,18H,12H2,1-2H3,(H,24,25)/t18-/m0/s1. The van der Waals surface area contributed by atoms with E-state index in [1.807, 2.05) is 30.3 Å². The monoisotopic (exact) mass is 398 g/mol. The first-order valence-electron chi connectivity index (χ1n) is 8.58. The Morgan fingerprint density at radius 3 is 2.61 bits per heavy atom. The molecule has 0 saturated carbocycles. The second-order valence-corrected chi connectivity index (χ2v) is 6.52. The molecule has 144 valence electrons. The van der Waals surface area contributed by atoms with Gasteiger partial charge in [-0.25, -0.2) is 9.78 Å². The number of hydrogen-bond acceptors (Lipinski definition) is 5. The molecule has 1 heterocycles. The summed E-state index contributed by atoms with van der Waals surface area (Å²) in [4.78, 5) is 29.2. The molecule has 0 bridgehead atoms. The number of carbonyl (C=O) groups excluding carboxylic acids is 2. The third-order valence-electron chi connectivity index (χ3n) is 4.28. The summed E-state index contributed by atoms with van der Waals surface area (Å²) >= 11 is 6.15. The molecule has 3 aromatic rings. The lowest BCUT2D eigenvalue weighted by molar-refractivity contribution is -0.142. The molecule has 0 saturated heterocycles. The van der Waals surface area contributed by atoms with Gasteiger partial charge in [-0.2, -0.15) is 0 Å². The third kappa shape index (κ3) is 4.40. The number of esters is 1. The molecule has 0 radical (unpaired) electrons. The van der Waals surface area contributed by atoms with Crippen molar-refractivity contribution in [3.8, 4) is 5.75 Å². The minimum absolute atomic E-state index is 0.218. The van der Waals surface area contributed by atoms with E-state index in [1.165, 1.54) is 14.2 Å². The lowest BCUT2D eigenvalue weighted by Gasteiger charge is -2.17. The van der Waals surface area contributed by atoms with Crippen LogP contribution >= 0.6 is 11.6 Å². The van der Waals surface area contributed by atoms with E-state index in [0.717, 1.165) is 10.9 Å². The van der Waals surface area contributed by atoms with Crippen LogP contribution in [0, 0.1) is 0 Å². The van der Waals surface area contributed by atoms with E-state index < -0.39 is 17.9 Å². The molecule has 6 nitrogen and oxygen atoms in total. The lowest BCUT2D eigenvalue weighted by atomic mass is 10.1. The second-order valence-electron chi connectivity index (χ2n) is 6.11. The molecule has 3 rings (SSSR count). The number of nitrogens with one attached hydrogen (secondary N) is 1. The molecule has 0 aliphatic heterocycles. The molecular formula is C21H19ClN2O4. The van der Waals surface area contributed by atoms with Crippen molar-refractivity contribution in [2.24, 2.45) is 0 Å². The molecule has 0 aliphatic rings. The zero-order chi connectivity index (χ0) is 20.1. The number of ether oxygens (including phenoxy) is 2. The molecule has 0 aliphatic carbocycles. The Bertz CT molecular complexity index is 1020. The molecule has 0 spiro atoms. The van der Waals surface area contributed by atoms with Gasteiger partial charge in [-0.1, -0.05) is 41.9 Å². The number of rotatable bonds is 6. The number of benzene rings is 2. The van der Waals surface area contributed by atoms with E-state index in [2.05, 4.69) is 10.3 Å². The van der Waals surface area contributed by atoms with Crippen LogP contribution in [0.3, 0.4) is 0 Å². The third-order valence-corrected chi connectivity index (χ3v) is 4.57. The van der Waals surface area contributed by atoms with E-state index >= 15 is 0 Å². The summed E-state index contributed by atoms with van der Waals surface area (Å²) in [5, 5.41) is 4.04. The van der Waals surface area contributed by atoms with Crippen molar-refractivity contribution in [2.75, 3.05) is 14.2 Å². The van der Waals surface area contributed by atoms with Crippen LogP contribution in [-0.4, -0.2) is 37.1 Å². The number of aromatic nitrogens is 1. The van der Waals surface area contributed by atoms with Gasteiger partial charge in [0.1, 0.15) is 17.5 Å². The van der Waals surface area contributed by atoms with E-state index in [9.17, 15) is 9.59 Å². The second kappa shape index (κ2) is 8.71. The highest BCUT2D eigenvalue weighted by molar-refractivity contribution is 6.32. The van der Waals surface area contributed by atoms with E-state index in [4.69, 9.17) is 21.1 Å². The Morgan fingerprint density at radius 1 is 1.11 bits per heavy atom. The maximum atomic E-state index is 12.6. The molecule has 0 unspecified atom stereocenters. The van der Waals surface area contributed by atoms with Gasteiger partial charge in [-0.05, 0) is 29.8 Å². The number of para-hydroxylation sites is 1. The molecular weight excluding hydrogens is 380 g/mol. The highest BCUT2D eigenvalue weighted by Gasteiger charge is 2.23. The van der Waals surface area contributed by atoms with Crippen molar-refractivity contribution in [3.05, 3.63) is 70.9 Å². The number of carbonyl (C=O) groups is 2. The van der Waals surface area contributed by atoms with Crippen LogP contribution in [0.1, 0.15) is 16.1 Å². The molecule has 2 aromatic carbocycles. The Balaban J connectivity index is 1.80.